The summed E-state index contributed by atoms with van der Waals surface area (Å²) in [5.74, 6) is 1.07. The lowest BCUT2D eigenvalue weighted by Gasteiger charge is -2.14. The van der Waals surface area contributed by atoms with E-state index in [4.69, 9.17) is 0 Å². The molecule has 0 spiro atoms. The number of nitrogens with zero attached hydrogens (tertiary/aromatic N) is 4. The van der Waals surface area contributed by atoms with Gasteiger partial charge >= 0.3 is 0 Å². The van der Waals surface area contributed by atoms with Crippen molar-refractivity contribution in [3.8, 4) is 5.69 Å². The number of rotatable bonds is 9. The Morgan fingerprint density at radius 1 is 1.14 bits per heavy atom. The Hall–Kier alpha value is -2.41. The van der Waals surface area contributed by atoms with Crippen LogP contribution in [0.2, 0.25) is 0 Å². The Bertz CT molecular complexity index is 910. The van der Waals surface area contributed by atoms with Crippen molar-refractivity contribution in [3.63, 3.8) is 0 Å². The maximum atomic E-state index is 12.3. The first-order chi connectivity index (χ1) is 13.5. The van der Waals surface area contributed by atoms with Crippen LogP contribution in [0.25, 0.3) is 16.7 Å². The fourth-order valence-corrected chi connectivity index (χ4v) is 3.82. The third-order valence-corrected chi connectivity index (χ3v) is 5.50. The number of benzene rings is 1. The molecule has 7 heteroatoms. The number of carbonyl (C=O) groups excluding carboxylic acids is 1. The van der Waals surface area contributed by atoms with Crippen molar-refractivity contribution >= 4 is 28.7 Å². The maximum Gasteiger partial charge on any atom is 0.230 e. The minimum atomic E-state index is 0.0317. The predicted octanol–water partition coefficient (Wildman–Crippen LogP) is 4.24. The van der Waals surface area contributed by atoms with E-state index in [1.165, 1.54) is 24.5 Å². The lowest BCUT2D eigenvalue weighted by Crippen LogP contribution is -2.33. The van der Waals surface area contributed by atoms with Gasteiger partial charge in [0.05, 0.1) is 23.0 Å². The molecule has 0 aliphatic rings. The van der Waals surface area contributed by atoms with Gasteiger partial charge in [0.15, 0.2) is 5.65 Å². The molecule has 0 radical (unpaired) electrons. The zero-order valence-electron chi connectivity index (χ0n) is 16.6. The molecule has 3 aromatic rings. The van der Waals surface area contributed by atoms with Crippen molar-refractivity contribution in [2.24, 2.45) is 5.92 Å². The number of hydrogen-bond donors (Lipinski definition) is 1. The van der Waals surface area contributed by atoms with Gasteiger partial charge < -0.3 is 5.32 Å². The highest BCUT2D eigenvalue weighted by atomic mass is 32.2. The van der Waals surface area contributed by atoms with Gasteiger partial charge in [0.25, 0.3) is 0 Å². The zero-order valence-corrected chi connectivity index (χ0v) is 17.4. The molecule has 1 aromatic carbocycles. The van der Waals surface area contributed by atoms with E-state index in [1.54, 1.807) is 10.9 Å². The molecule has 6 nitrogen and oxygen atoms in total. The summed E-state index contributed by atoms with van der Waals surface area (Å²) < 4.78 is 1.79. The van der Waals surface area contributed by atoms with E-state index < -0.39 is 0 Å². The van der Waals surface area contributed by atoms with Gasteiger partial charge in [-0.1, -0.05) is 56.7 Å². The van der Waals surface area contributed by atoms with Gasteiger partial charge in [0.2, 0.25) is 5.91 Å². The molecule has 0 saturated carbocycles. The summed E-state index contributed by atoms with van der Waals surface area (Å²) in [6, 6.07) is 10.1. The minimum Gasteiger partial charge on any atom is -0.353 e. The Labute approximate surface area is 170 Å². The summed E-state index contributed by atoms with van der Waals surface area (Å²) in [5, 5.41) is 9.16. The summed E-state index contributed by atoms with van der Waals surface area (Å²) in [6.45, 7) is 6.51. The topological polar surface area (TPSA) is 72.7 Å². The summed E-state index contributed by atoms with van der Waals surface area (Å²) in [5.41, 5.74) is 1.69. The lowest BCUT2D eigenvalue weighted by molar-refractivity contribution is -0.119. The van der Waals surface area contributed by atoms with Crippen LogP contribution >= 0.6 is 11.8 Å². The highest BCUT2D eigenvalue weighted by Crippen LogP contribution is 2.25. The van der Waals surface area contributed by atoms with Crippen LogP contribution in [0.3, 0.4) is 0 Å². The van der Waals surface area contributed by atoms with Crippen LogP contribution in [0.15, 0.2) is 47.9 Å². The molecule has 0 bridgehead atoms. The van der Waals surface area contributed by atoms with E-state index in [0.717, 1.165) is 34.6 Å². The third kappa shape index (κ3) is 5.32. The van der Waals surface area contributed by atoms with Crippen LogP contribution in [-0.2, 0) is 4.79 Å². The van der Waals surface area contributed by atoms with Crippen LogP contribution in [0.4, 0.5) is 0 Å². The van der Waals surface area contributed by atoms with Gasteiger partial charge in [0, 0.05) is 6.04 Å². The fraction of sp³-hybridized carbons (Fsp3) is 0.429. The van der Waals surface area contributed by atoms with E-state index in [1.807, 2.05) is 30.3 Å². The fourth-order valence-electron chi connectivity index (χ4n) is 3.05. The van der Waals surface area contributed by atoms with Crippen molar-refractivity contribution in [2.45, 2.75) is 51.1 Å². The number of fused-ring (bicyclic) bond motifs is 1. The van der Waals surface area contributed by atoms with Crippen molar-refractivity contribution in [2.75, 3.05) is 5.75 Å². The molecule has 0 aliphatic heterocycles. The van der Waals surface area contributed by atoms with Crippen molar-refractivity contribution in [1.29, 1.82) is 0 Å². The first kappa shape index (κ1) is 20.3. The van der Waals surface area contributed by atoms with Gasteiger partial charge in [-0.25, -0.2) is 14.6 Å². The highest BCUT2D eigenvalue weighted by molar-refractivity contribution is 8.00. The first-order valence-corrected chi connectivity index (χ1v) is 10.7. The van der Waals surface area contributed by atoms with Crippen molar-refractivity contribution < 1.29 is 4.79 Å². The Morgan fingerprint density at radius 3 is 2.68 bits per heavy atom. The standard InChI is InChI=1S/C21H27N5OS/c1-15(2)8-7-9-16(3)25-19(27)13-28-21-18-12-24-26(20(18)22-14-23-21)17-10-5-4-6-11-17/h4-6,10-12,14-16H,7-9,13H2,1-3H3,(H,25,27). The van der Waals surface area contributed by atoms with Crippen molar-refractivity contribution in [1.82, 2.24) is 25.1 Å². The molecule has 0 aliphatic carbocycles. The van der Waals surface area contributed by atoms with E-state index >= 15 is 0 Å². The molecule has 3 rings (SSSR count). The quantitative estimate of drug-likeness (QED) is 0.432. The molecule has 2 heterocycles. The Morgan fingerprint density at radius 2 is 1.93 bits per heavy atom. The molecule has 0 fully saturated rings. The number of para-hydroxylation sites is 1. The largest absolute Gasteiger partial charge is 0.353 e. The van der Waals surface area contributed by atoms with Crippen LogP contribution in [0.5, 0.6) is 0 Å². The van der Waals surface area contributed by atoms with Gasteiger partial charge in [-0.3, -0.25) is 4.79 Å². The molecule has 2 aromatic heterocycles. The van der Waals surface area contributed by atoms with E-state index in [0.29, 0.717) is 11.7 Å². The molecule has 1 N–H and O–H groups in total. The third-order valence-electron chi connectivity index (χ3n) is 4.50. The Balaban J connectivity index is 1.60. The number of nitrogens with one attached hydrogen (secondary N) is 1. The van der Waals surface area contributed by atoms with Gasteiger partial charge in [-0.2, -0.15) is 5.10 Å². The van der Waals surface area contributed by atoms with Crippen LogP contribution in [0.1, 0.15) is 40.0 Å². The van der Waals surface area contributed by atoms with Crippen LogP contribution in [-0.4, -0.2) is 37.5 Å². The second-order valence-corrected chi connectivity index (χ2v) is 8.35. The molecule has 1 unspecified atom stereocenters. The average Bonchev–Trinajstić information content (AvgIpc) is 3.11. The SMILES string of the molecule is CC(C)CCCC(C)NC(=O)CSc1ncnc2c1cnn2-c1ccccc1. The summed E-state index contributed by atoms with van der Waals surface area (Å²) in [7, 11) is 0. The van der Waals surface area contributed by atoms with E-state index in [-0.39, 0.29) is 11.9 Å². The monoisotopic (exact) mass is 397 g/mol. The van der Waals surface area contributed by atoms with E-state index in [9.17, 15) is 4.79 Å². The van der Waals surface area contributed by atoms with Crippen molar-refractivity contribution in [3.05, 3.63) is 42.9 Å². The summed E-state index contributed by atoms with van der Waals surface area (Å²) >= 11 is 1.42. The summed E-state index contributed by atoms with van der Waals surface area (Å²) in [4.78, 5) is 21.0. The second kappa shape index (κ2) is 9.68. The second-order valence-electron chi connectivity index (χ2n) is 7.39. The molecule has 1 amide bonds. The lowest BCUT2D eigenvalue weighted by atomic mass is 10.0. The van der Waals surface area contributed by atoms with Crippen LogP contribution < -0.4 is 5.32 Å². The smallest absolute Gasteiger partial charge is 0.230 e. The maximum absolute atomic E-state index is 12.3. The van der Waals surface area contributed by atoms with Gasteiger partial charge in [-0.15, -0.1) is 0 Å². The summed E-state index contributed by atoms with van der Waals surface area (Å²) in [6.07, 6.45) is 6.63. The number of thioether (sulfide) groups is 1. The molecule has 148 valence electrons. The molecule has 0 saturated heterocycles. The zero-order chi connectivity index (χ0) is 19.9. The van der Waals surface area contributed by atoms with Crippen LogP contribution in [0, 0.1) is 5.92 Å². The molecule has 1 atom stereocenters. The minimum absolute atomic E-state index is 0.0317. The average molecular weight is 398 g/mol. The first-order valence-electron chi connectivity index (χ1n) is 9.71. The normalized spacial score (nSPS) is 12.4. The predicted molar refractivity (Wildman–Crippen MR) is 114 cm³/mol. The van der Waals surface area contributed by atoms with E-state index in [2.05, 4.69) is 41.2 Å². The molecular formula is C21H27N5OS. The molecule has 28 heavy (non-hydrogen) atoms. The number of hydrogen-bond acceptors (Lipinski definition) is 5. The Kier molecular flexibility index (Phi) is 7.03. The molecular weight excluding hydrogens is 370 g/mol. The number of aromatic nitrogens is 4. The highest BCUT2D eigenvalue weighted by Gasteiger charge is 2.14. The number of carbonyl (C=O) groups is 1. The van der Waals surface area contributed by atoms with Gasteiger partial charge in [0.1, 0.15) is 11.4 Å². The number of amides is 1. The van der Waals surface area contributed by atoms with Gasteiger partial charge in [-0.05, 0) is 31.4 Å².